The number of carbonyl (C=O) groups excluding carboxylic acids is 1. The SMILES string of the molecule is CCCCOc1c(C)cc(NC(=O)C2(OCC)CCCC2)cc1C. The lowest BCUT2D eigenvalue weighted by molar-refractivity contribution is -0.140. The molecule has 0 unspecified atom stereocenters. The van der Waals surface area contributed by atoms with Crippen LogP contribution in [0.2, 0.25) is 0 Å². The van der Waals surface area contributed by atoms with E-state index in [4.69, 9.17) is 9.47 Å². The second-order valence-corrected chi connectivity index (χ2v) is 6.73. The predicted molar refractivity (Wildman–Crippen MR) is 97.8 cm³/mol. The van der Waals surface area contributed by atoms with Crippen LogP contribution in [0.4, 0.5) is 5.69 Å². The number of rotatable bonds is 8. The number of unbranched alkanes of at least 4 members (excludes halogenated alkanes) is 1. The van der Waals surface area contributed by atoms with Crippen LogP contribution in [0.25, 0.3) is 0 Å². The summed E-state index contributed by atoms with van der Waals surface area (Å²) in [6.07, 6.45) is 5.89. The Kier molecular flexibility index (Phi) is 6.67. The molecule has 134 valence electrons. The zero-order valence-corrected chi connectivity index (χ0v) is 15.5. The van der Waals surface area contributed by atoms with Crippen LogP contribution in [0.3, 0.4) is 0 Å². The van der Waals surface area contributed by atoms with Gasteiger partial charge >= 0.3 is 0 Å². The molecule has 1 fully saturated rings. The lowest BCUT2D eigenvalue weighted by Gasteiger charge is -2.27. The number of carbonyl (C=O) groups is 1. The highest BCUT2D eigenvalue weighted by molar-refractivity contribution is 5.97. The van der Waals surface area contributed by atoms with E-state index in [1.54, 1.807) is 0 Å². The number of aryl methyl sites for hydroxylation is 2. The average Bonchev–Trinajstić information content (AvgIpc) is 3.00. The number of amides is 1. The molecule has 1 aliphatic carbocycles. The van der Waals surface area contributed by atoms with E-state index in [1.165, 1.54) is 0 Å². The molecule has 0 atom stereocenters. The molecule has 4 nitrogen and oxygen atoms in total. The Hall–Kier alpha value is -1.55. The van der Waals surface area contributed by atoms with Crippen molar-refractivity contribution >= 4 is 11.6 Å². The molecule has 4 heteroatoms. The Balaban J connectivity index is 2.10. The van der Waals surface area contributed by atoms with Crippen molar-refractivity contribution in [3.8, 4) is 5.75 Å². The van der Waals surface area contributed by atoms with E-state index >= 15 is 0 Å². The molecule has 0 aromatic heterocycles. The minimum absolute atomic E-state index is 0.0136. The first-order chi connectivity index (χ1) is 11.5. The van der Waals surface area contributed by atoms with Gasteiger partial charge in [-0.25, -0.2) is 0 Å². The van der Waals surface area contributed by atoms with E-state index in [2.05, 4.69) is 12.2 Å². The maximum Gasteiger partial charge on any atom is 0.256 e. The zero-order valence-electron chi connectivity index (χ0n) is 15.5. The van der Waals surface area contributed by atoms with Gasteiger partial charge in [-0.2, -0.15) is 0 Å². The lowest BCUT2D eigenvalue weighted by atomic mass is 10.0. The van der Waals surface area contributed by atoms with Crippen molar-refractivity contribution in [1.82, 2.24) is 0 Å². The molecule has 0 spiro atoms. The number of hydrogen-bond donors (Lipinski definition) is 1. The highest BCUT2D eigenvalue weighted by Crippen LogP contribution is 2.35. The number of anilines is 1. The van der Waals surface area contributed by atoms with E-state index in [9.17, 15) is 4.79 Å². The van der Waals surface area contributed by atoms with Gasteiger partial charge in [0.25, 0.3) is 5.91 Å². The molecule has 1 saturated carbocycles. The third-order valence-corrected chi connectivity index (χ3v) is 4.71. The number of hydrogen-bond acceptors (Lipinski definition) is 3. The molecular formula is C20H31NO3. The minimum atomic E-state index is -0.646. The summed E-state index contributed by atoms with van der Waals surface area (Å²) in [5.41, 5.74) is 2.28. The molecule has 0 saturated heterocycles. The monoisotopic (exact) mass is 333 g/mol. The van der Waals surface area contributed by atoms with Gasteiger partial charge in [-0.15, -0.1) is 0 Å². The van der Waals surface area contributed by atoms with Gasteiger partial charge in [0.05, 0.1) is 6.61 Å². The molecule has 0 radical (unpaired) electrons. The van der Waals surface area contributed by atoms with Gasteiger partial charge in [0, 0.05) is 12.3 Å². The number of ether oxygens (including phenoxy) is 2. The Bertz CT molecular complexity index is 539. The Morgan fingerprint density at radius 2 is 1.79 bits per heavy atom. The van der Waals surface area contributed by atoms with Gasteiger partial charge in [-0.1, -0.05) is 13.3 Å². The van der Waals surface area contributed by atoms with Crippen molar-refractivity contribution in [2.45, 2.75) is 71.8 Å². The van der Waals surface area contributed by atoms with E-state index in [0.29, 0.717) is 6.61 Å². The Labute approximate surface area is 145 Å². The molecule has 1 aromatic rings. The van der Waals surface area contributed by atoms with Gasteiger partial charge in [-0.3, -0.25) is 4.79 Å². The third-order valence-electron chi connectivity index (χ3n) is 4.71. The molecule has 1 amide bonds. The molecule has 0 aliphatic heterocycles. The quantitative estimate of drug-likeness (QED) is 0.697. The fourth-order valence-corrected chi connectivity index (χ4v) is 3.47. The van der Waals surface area contributed by atoms with Crippen molar-refractivity contribution in [2.75, 3.05) is 18.5 Å². The number of benzene rings is 1. The van der Waals surface area contributed by atoms with Crippen LogP contribution in [0.5, 0.6) is 5.75 Å². The summed E-state index contributed by atoms with van der Waals surface area (Å²) in [4.78, 5) is 12.8. The van der Waals surface area contributed by atoms with Crippen molar-refractivity contribution in [2.24, 2.45) is 0 Å². The van der Waals surface area contributed by atoms with Crippen molar-refractivity contribution < 1.29 is 14.3 Å². The van der Waals surface area contributed by atoms with Crippen LogP contribution < -0.4 is 10.1 Å². The van der Waals surface area contributed by atoms with Crippen molar-refractivity contribution in [3.05, 3.63) is 23.3 Å². The maximum atomic E-state index is 12.8. The van der Waals surface area contributed by atoms with Gasteiger partial charge in [-0.05, 0) is 76.1 Å². The highest BCUT2D eigenvalue weighted by Gasteiger charge is 2.42. The fraction of sp³-hybridized carbons (Fsp3) is 0.650. The molecular weight excluding hydrogens is 302 g/mol. The van der Waals surface area contributed by atoms with Gasteiger partial charge in [0.1, 0.15) is 11.4 Å². The molecule has 2 rings (SSSR count). The smallest absolute Gasteiger partial charge is 0.256 e. The Morgan fingerprint density at radius 1 is 1.17 bits per heavy atom. The summed E-state index contributed by atoms with van der Waals surface area (Å²) in [5, 5.41) is 3.07. The second kappa shape index (κ2) is 8.52. The van der Waals surface area contributed by atoms with E-state index in [1.807, 2.05) is 32.9 Å². The number of nitrogens with one attached hydrogen (secondary N) is 1. The first-order valence-electron chi connectivity index (χ1n) is 9.22. The van der Waals surface area contributed by atoms with E-state index in [0.717, 1.165) is 67.7 Å². The summed E-state index contributed by atoms with van der Waals surface area (Å²) < 4.78 is 11.7. The highest BCUT2D eigenvalue weighted by atomic mass is 16.5. The van der Waals surface area contributed by atoms with Gasteiger partial charge in [0.15, 0.2) is 0 Å². The lowest BCUT2D eigenvalue weighted by Crippen LogP contribution is -2.43. The predicted octanol–water partition coefficient (Wildman–Crippen LogP) is 4.77. The summed E-state index contributed by atoms with van der Waals surface area (Å²) in [5.74, 6) is 0.919. The first kappa shape index (κ1) is 18.8. The van der Waals surface area contributed by atoms with Crippen molar-refractivity contribution in [1.29, 1.82) is 0 Å². The van der Waals surface area contributed by atoms with Crippen LogP contribution in [0.1, 0.15) is 63.5 Å². The van der Waals surface area contributed by atoms with Crippen LogP contribution in [0, 0.1) is 13.8 Å². The molecule has 1 aliphatic rings. The third kappa shape index (κ3) is 4.29. The second-order valence-electron chi connectivity index (χ2n) is 6.73. The summed E-state index contributed by atoms with van der Waals surface area (Å²) in [6, 6.07) is 3.97. The maximum absolute atomic E-state index is 12.8. The zero-order chi connectivity index (χ0) is 17.6. The van der Waals surface area contributed by atoms with Crippen molar-refractivity contribution in [3.63, 3.8) is 0 Å². The van der Waals surface area contributed by atoms with Crippen LogP contribution in [0.15, 0.2) is 12.1 Å². The summed E-state index contributed by atoms with van der Waals surface area (Å²) in [6.45, 7) is 9.45. The largest absolute Gasteiger partial charge is 0.493 e. The fourth-order valence-electron chi connectivity index (χ4n) is 3.47. The minimum Gasteiger partial charge on any atom is -0.493 e. The standard InChI is InChI=1S/C20H31NO3/c1-5-7-12-23-18-15(3)13-17(14-16(18)4)21-19(22)20(24-6-2)10-8-9-11-20/h13-14H,5-12H2,1-4H3,(H,21,22). The van der Waals surface area contributed by atoms with Gasteiger partial charge < -0.3 is 14.8 Å². The summed E-state index contributed by atoms with van der Waals surface area (Å²) in [7, 11) is 0. The van der Waals surface area contributed by atoms with Crippen LogP contribution >= 0.6 is 0 Å². The molecule has 1 aromatic carbocycles. The molecule has 24 heavy (non-hydrogen) atoms. The van der Waals surface area contributed by atoms with E-state index < -0.39 is 5.60 Å². The topological polar surface area (TPSA) is 47.6 Å². The normalized spacial score (nSPS) is 16.2. The van der Waals surface area contributed by atoms with E-state index in [-0.39, 0.29) is 5.91 Å². The first-order valence-corrected chi connectivity index (χ1v) is 9.22. The summed E-state index contributed by atoms with van der Waals surface area (Å²) >= 11 is 0. The van der Waals surface area contributed by atoms with Gasteiger partial charge in [0.2, 0.25) is 0 Å². The van der Waals surface area contributed by atoms with Crippen LogP contribution in [-0.4, -0.2) is 24.7 Å². The Morgan fingerprint density at radius 3 is 2.33 bits per heavy atom. The molecule has 0 heterocycles. The van der Waals surface area contributed by atoms with Crippen LogP contribution in [-0.2, 0) is 9.53 Å². The average molecular weight is 333 g/mol. The molecule has 0 bridgehead atoms. The molecule has 1 N–H and O–H groups in total.